The molecule has 1 aromatic carbocycles. The van der Waals surface area contributed by atoms with Crippen molar-refractivity contribution in [1.82, 2.24) is 24.5 Å². The maximum atomic E-state index is 12.2. The van der Waals surface area contributed by atoms with Gasteiger partial charge in [-0.3, -0.25) is 9.36 Å². The molecule has 0 spiro atoms. The molecule has 0 saturated carbocycles. The second-order valence-corrected chi connectivity index (χ2v) is 7.10. The van der Waals surface area contributed by atoms with Gasteiger partial charge >= 0.3 is 0 Å². The van der Waals surface area contributed by atoms with E-state index in [1.165, 1.54) is 10.9 Å². The minimum Gasteiger partial charge on any atom is -0.394 e. The number of imidazole rings is 1. The number of nitrogens with one attached hydrogen (secondary N) is 3. The fraction of sp³-hybridized carbons (Fsp3) is 0.263. The van der Waals surface area contributed by atoms with Crippen LogP contribution in [0.5, 0.6) is 0 Å². The number of hydrogen-bond acceptors (Lipinski definition) is 9. The van der Waals surface area contributed by atoms with Gasteiger partial charge in [-0.05, 0) is 6.07 Å². The van der Waals surface area contributed by atoms with Crippen LogP contribution in [0.15, 0.2) is 46.7 Å². The van der Waals surface area contributed by atoms with Gasteiger partial charge in [0.2, 0.25) is 5.95 Å². The Balaban J connectivity index is 1.53. The van der Waals surface area contributed by atoms with E-state index < -0.39 is 36.7 Å². The number of rotatable bonds is 5. The average Bonchev–Trinajstić information content (AvgIpc) is 3.44. The molecular formula is C19H19N7O5. The Hall–Kier alpha value is -3.58. The highest BCUT2D eigenvalue weighted by Crippen LogP contribution is 2.33. The first-order valence-corrected chi connectivity index (χ1v) is 9.51. The van der Waals surface area contributed by atoms with Crippen LogP contribution < -0.4 is 11.0 Å². The summed E-state index contributed by atoms with van der Waals surface area (Å²) in [5.41, 5.74) is 4.19. The van der Waals surface area contributed by atoms with Gasteiger partial charge in [0.05, 0.1) is 19.1 Å². The highest BCUT2D eigenvalue weighted by Gasteiger charge is 2.45. The van der Waals surface area contributed by atoms with E-state index in [0.717, 1.165) is 16.5 Å². The van der Waals surface area contributed by atoms with Crippen molar-refractivity contribution in [1.29, 1.82) is 0 Å². The van der Waals surface area contributed by atoms with Crippen molar-refractivity contribution in [2.24, 2.45) is 5.10 Å². The standard InChI is InChI=1S/C19H19N7O5/c27-7-12-14(28)15(29)18(31-12)26-16-13(17(30)22-8-21-16)24-19(26)25-23-6-9-5-20-11-4-2-1-3-10(9)11/h1-6,8,12,14-15,18,20,27-29H,7H2,(H,24,25)(H,21,22,30)/b23-6+. The smallest absolute Gasteiger partial charge is 0.278 e. The van der Waals surface area contributed by atoms with E-state index >= 15 is 0 Å². The Kier molecular flexibility index (Phi) is 4.75. The van der Waals surface area contributed by atoms with Gasteiger partial charge in [-0.2, -0.15) is 5.10 Å². The lowest BCUT2D eigenvalue weighted by Gasteiger charge is -2.18. The van der Waals surface area contributed by atoms with E-state index in [0.29, 0.717) is 0 Å². The third-order valence-electron chi connectivity index (χ3n) is 5.24. The molecule has 12 heteroatoms. The maximum absolute atomic E-state index is 12.2. The van der Waals surface area contributed by atoms with Crippen molar-refractivity contribution >= 4 is 34.2 Å². The Morgan fingerprint density at radius 2 is 2.10 bits per heavy atom. The molecule has 1 aliphatic heterocycles. The zero-order valence-electron chi connectivity index (χ0n) is 16.0. The first-order chi connectivity index (χ1) is 15.1. The molecule has 3 aromatic heterocycles. The number of hydrogen-bond donors (Lipinski definition) is 6. The van der Waals surface area contributed by atoms with Gasteiger partial charge in [-0.15, -0.1) is 0 Å². The molecule has 4 heterocycles. The number of H-pyrrole nitrogens is 2. The summed E-state index contributed by atoms with van der Waals surface area (Å²) < 4.78 is 6.94. The van der Waals surface area contributed by atoms with Gasteiger partial charge in [-0.25, -0.2) is 15.4 Å². The molecule has 1 saturated heterocycles. The summed E-state index contributed by atoms with van der Waals surface area (Å²) >= 11 is 0. The van der Waals surface area contributed by atoms with Crippen molar-refractivity contribution in [2.45, 2.75) is 24.5 Å². The van der Waals surface area contributed by atoms with E-state index in [2.05, 4.69) is 30.5 Å². The van der Waals surface area contributed by atoms with Crippen LogP contribution in [0, 0.1) is 0 Å². The van der Waals surface area contributed by atoms with E-state index in [9.17, 15) is 20.1 Å². The fourth-order valence-corrected chi connectivity index (χ4v) is 3.69. The molecule has 5 rings (SSSR count). The van der Waals surface area contributed by atoms with E-state index in [4.69, 9.17) is 4.74 Å². The average molecular weight is 425 g/mol. The summed E-state index contributed by atoms with van der Waals surface area (Å²) in [6.45, 7) is -0.489. The van der Waals surface area contributed by atoms with E-state index in [1.54, 1.807) is 12.4 Å². The van der Waals surface area contributed by atoms with Gasteiger partial charge in [0, 0.05) is 22.7 Å². The van der Waals surface area contributed by atoms with E-state index in [1.807, 2.05) is 24.3 Å². The predicted molar refractivity (Wildman–Crippen MR) is 111 cm³/mol. The second-order valence-electron chi connectivity index (χ2n) is 7.10. The van der Waals surface area contributed by atoms with Gasteiger partial charge in [0.25, 0.3) is 5.56 Å². The number of aromatic nitrogens is 5. The van der Waals surface area contributed by atoms with Crippen LogP contribution in [-0.4, -0.2) is 71.0 Å². The number of aliphatic hydroxyl groups excluding tert-OH is 3. The van der Waals surface area contributed by atoms with Crippen molar-refractivity contribution in [3.05, 3.63) is 52.7 Å². The molecule has 0 amide bonds. The topological polar surface area (TPSA) is 174 Å². The molecule has 0 radical (unpaired) electrons. The lowest BCUT2D eigenvalue weighted by Crippen LogP contribution is -2.33. The van der Waals surface area contributed by atoms with Crippen LogP contribution in [0.1, 0.15) is 11.8 Å². The molecule has 31 heavy (non-hydrogen) atoms. The summed E-state index contributed by atoms with van der Waals surface area (Å²) in [7, 11) is 0. The zero-order valence-corrected chi connectivity index (χ0v) is 16.0. The molecule has 1 aliphatic rings. The predicted octanol–water partition coefficient (Wildman–Crippen LogP) is -0.342. The molecule has 12 nitrogen and oxygen atoms in total. The minimum atomic E-state index is -1.38. The number of fused-ring (bicyclic) bond motifs is 2. The van der Waals surface area contributed by atoms with Crippen LogP contribution in [0.2, 0.25) is 0 Å². The third-order valence-corrected chi connectivity index (χ3v) is 5.24. The number of benzene rings is 1. The third kappa shape index (κ3) is 3.18. The first kappa shape index (κ1) is 19.4. The number of aromatic amines is 2. The molecule has 0 aliphatic carbocycles. The maximum Gasteiger partial charge on any atom is 0.278 e. The van der Waals surface area contributed by atoms with Crippen molar-refractivity contribution in [3.8, 4) is 0 Å². The van der Waals surface area contributed by atoms with Crippen molar-refractivity contribution in [2.75, 3.05) is 12.0 Å². The minimum absolute atomic E-state index is 0.00466. The summed E-state index contributed by atoms with van der Waals surface area (Å²) in [5, 5.41) is 35.2. The van der Waals surface area contributed by atoms with Gasteiger partial charge in [0.1, 0.15) is 18.3 Å². The summed E-state index contributed by atoms with van der Waals surface area (Å²) in [5.74, 6) is 0.0742. The first-order valence-electron chi connectivity index (χ1n) is 9.51. The van der Waals surface area contributed by atoms with Crippen LogP contribution in [0.4, 0.5) is 5.95 Å². The number of ether oxygens (including phenoxy) is 1. The molecule has 1 fully saturated rings. The molecule has 4 atom stereocenters. The quantitative estimate of drug-likeness (QED) is 0.186. The zero-order chi connectivity index (χ0) is 21.5. The highest BCUT2D eigenvalue weighted by molar-refractivity contribution is 5.99. The largest absolute Gasteiger partial charge is 0.394 e. The molecule has 0 bridgehead atoms. The molecule has 160 valence electrons. The van der Waals surface area contributed by atoms with Crippen LogP contribution in [-0.2, 0) is 4.74 Å². The van der Waals surface area contributed by atoms with Crippen molar-refractivity contribution in [3.63, 3.8) is 0 Å². The number of para-hydroxylation sites is 1. The number of nitrogens with zero attached hydrogens (tertiary/aromatic N) is 4. The summed E-state index contributed by atoms with van der Waals surface area (Å²) in [6, 6.07) is 7.73. The Morgan fingerprint density at radius 3 is 2.90 bits per heavy atom. The van der Waals surface area contributed by atoms with Gasteiger partial charge in [-0.1, -0.05) is 18.2 Å². The molecular weight excluding hydrogens is 406 g/mol. The number of anilines is 1. The monoisotopic (exact) mass is 425 g/mol. The Bertz CT molecular complexity index is 1330. The fourth-order valence-electron chi connectivity index (χ4n) is 3.69. The number of hydrazone groups is 1. The van der Waals surface area contributed by atoms with Gasteiger partial charge in [0.15, 0.2) is 17.4 Å². The van der Waals surface area contributed by atoms with Gasteiger partial charge < -0.3 is 30.0 Å². The second kappa shape index (κ2) is 7.59. The normalized spacial score (nSPS) is 24.0. The lowest BCUT2D eigenvalue weighted by molar-refractivity contribution is -0.0501. The molecule has 4 unspecified atom stereocenters. The summed E-state index contributed by atoms with van der Waals surface area (Å²) in [6.07, 6.45) is -0.261. The molecule has 6 N–H and O–H groups in total. The molecule has 4 aromatic rings. The lowest BCUT2D eigenvalue weighted by atomic mass is 10.1. The van der Waals surface area contributed by atoms with Crippen LogP contribution in [0.3, 0.4) is 0 Å². The highest BCUT2D eigenvalue weighted by atomic mass is 16.6. The van der Waals surface area contributed by atoms with E-state index in [-0.39, 0.29) is 17.1 Å². The van der Waals surface area contributed by atoms with Crippen molar-refractivity contribution < 1.29 is 20.1 Å². The van der Waals surface area contributed by atoms with Crippen LogP contribution in [0.25, 0.3) is 22.1 Å². The number of aliphatic hydroxyl groups is 3. The Labute approximate surface area is 173 Å². The Morgan fingerprint density at radius 1 is 1.26 bits per heavy atom. The SMILES string of the molecule is O=c1[nH]cnc2c1nc(N/N=C/c1c[nH]c3ccccc13)n2C1OC(CO)C(O)C1O. The summed E-state index contributed by atoms with van der Waals surface area (Å²) in [4.78, 5) is 26.1. The van der Waals surface area contributed by atoms with Crippen LogP contribution >= 0.6 is 0 Å².